The average Bonchev–Trinajstić information content (AvgIpc) is 2.90. The number of hydrazone groups is 1. The van der Waals surface area contributed by atoms with Gasteiger partial charge in [-0.05, 0) is 24.3 Å². The molecule has 0 amide bonds. The zero-order chi connectivity index (χ0) is 23.9. The van der Waals surface area contributed by atoms with Crippen LogP contribution in [0.3, 0.4) is 0 Å². The fourth-order valence-corrected chi connectivity index (χ4v) is 3.32. The van der Waals surface area contributed by atoms with E-state index in [0.29, 0.717) is 28.6 Å². The molecule has 9 nitrogen and oxygen atoms in total. The van der Waals surface area contributed by atoms with Crippen molar-refractivity contribution >= 4 is 11.4 Å². The number of hydrogen-bond donors (Lipinski definition) is 2. The van der Waals surface area contributed by atoms with Crippen LogP contribution in [0.15, 0.2) is 82.7 Å². The number of aromatic nitrogens is 3. The molecule has 4 aromatic rings. The molecule has 0 aliphatic rings. The highest BCUT2D eigenvalue weighted by atomic mass is 16.5. The Kier molecular flexibility index (Phi) is 6.83. The minimum absolute atomic E-state index is 0.0755. The maximum Gasteiger partial charge on any atom is 0.292 e. The van der Waals surface area contributed by atoms with E-state index >= 15 is 0 Å². The molecule has 0 bridgehead atoms. The zero-order valence-corrected chi connectivity index (χ0v) is 18.9. The molecular weight excluding hydrogens is 434 g/mol. The lowest BCUT2D eigenvalue weighted by Crippen LogP contribution is -2.24. The first-order valence-corrected chi connectivity index (χ1v) is 10.4. The summed E-state index contributed by atoms with van der Waals surface area (Å²) in [5.41, 5.74) is 4.85. The summed E-state index contributed by atoms with van der Waals surface area (Å²) in [7, 11) is 4.56. The number of ether oxygens (including phenoxy) is 3. The number of rotatable bonds is 8. The molecule has 0 saturated carbocycles. The van der Waals surface area contributed by atoms with Crippen molar-refractivity contribution in [2.75, 3.05) is 26.8 Å². The van der Waals surface area contributed by atoms with Crippen LogP contribution in [-0.4, -0.2) is 42.2 Å². The van der Waals surface area contributed by atoms with E-state index in [1.54, 1.807) is 12.1 Å². The van der Waals surface area contributed by atoms with Gasteiger partial charge in [0.25, 0.3) is 5.56 Å². The van der Waals surface area contributed by atoms with E-state index in [4.69, 9.17) is 14.2 Å². The van der Waals surface area contributed by atoms with E-state index in [0.717, 1.165) is 11.3 Å². The Morgan fingerprint density at radius 3 is 2.09 bits per heavy atom. The third-order valence-electron chi connectivity index (χ3n) is 4.96. The predicted molar refractivity (Wildman–Crippen MR) is 130 cm³/mol. The number of para-hydroxylation sites is 1. The van der Waals surface area contributed by atoms with Gasteiger partial charge in [0.2, 0.25) is 5.75 Å². The Morgan fingerprint density at radius 1 is 0.882 bits per heavy atom. The molecule has 0 unspecified atom stereocenters. The zero-order valence-electron chi connectivity index (χ0n) is 18.9. The van der Waals surface area contributed by atoms with Gasteiger partial charge in [-0.3, -0.25) is 10.2 Å². The van der Waals surface area contributed by atoms with E-state index in [2.05, 4.69) is 25.7 Å². The number of hydrogen-bond acceptors (Lipinski definition) is 8. The average molecular weight is 457 g/mol. The predicted octanol–water partition coefficient (Wildman–Crippen LogP) is 3.72. The second-order valence-electron chi connectivity index (χ2n) is 7.06. The van der Waals surface area contributed by atoms with Crippen LogP contribution in [-0.2, 0) is 0 Å². The Hall–Kier alpha value is -4.66. The molecule has 3 aromatic carbocycles. The van der Waals surface area contributed by atoms with Crippen LogP contribution in [0.25, 0.3) is 11.4 Å². The van der Waals surface area contributed by atoms with Gasteiger partial charge in [0.1, 0.15) is 5.71 Å². The van der Waals surface area contributed by atoms with Crippen LogP contribution >= 0.6 is 0 Å². The normalized spacial score (nSPS) is 11.1. The maximum absolute atomic E-state index is 12.9. The summed E-state index contributed by atoms with van der Waals surface area (Å²) in [6, 6.07) is 22.1. The van der Waals surface area contributed by atoms with Crippen molar-refractivity contribution in [2.24, 2.45) is 5.10 Å². The molecule has 0 atom stereocenters. The molecule has 9 heteroatoms. The Balaban J connectivity index is 1.91. The lowest BCUT2D eigenvalue weighted by Gasteiger charge is -2.15. The van der Waals surface area contributed by atoms with Gasteiger partial charge >= 0.3 is 0 Å². The monoisotopic (exact) mass is 457 g/mol. The van der Waals surface area contributed by atoms with Gasteiger partial charge in [0.15, 0.2) is 23.0 Å². The molecule has 0 spiro atoms. The van der Waals surface area contributed by atoms with Crippen molar-refractivity contribution in [1.29, 1.82) is 0 Å². The van der Waals surface area contributed by atoms with Gasteiger partial charge in [0, 0.05) is 11.1 Å². The van der Waals surface area contributed by atoms with Crippen LogP contribution in [0, 0.1) is 0 Å². The summed E-state index contributed by atoms with van der Waals surface area (Å²) in [6.07, 6.45) is 0. The third-order valence-corrected chi connectivity index (χ3v) is 4.96. The second-order valence-corrected chi connectivity index (χ2v) is 7.06. The highest BCUT2D eigenvalue weighted by molar-refractivity contribution is 6.12. The summed E-state index contributed by atoms with van der Waals surface area (Å²) in [5, 5.41) is 11.2. The molecule has 2 N–H and O–H groups in total. The van der Waals surface area contributed by atoms with Crippen LogP contribution in [0.4, 0.5) is 5.69 Å². The quantitative estimate of drug-likeness (QED) is 0.306. The molecule has 172 valence electrons. The lowest BCUT2D eigenvalue weighted by atomic mass is 10.1. The van der Waals surface area contributed by atoms with Crippen molar-refractivity contribution in [1.82, 2.24) is 15.2 Å². The van der Waals surface area contributed by atoms with E-state index in [-0.39, 0.29) is 11.4 Å². The standard InChI is InChI=1S/C25H23N5O4/c1-32-19-14-17(15-20(33-2)23(19)34-3)21(28-27-18-12-8-5-9-13-18)22-25(31)30-29-24(26-22)16-10-6-4-7-11-16/h4-15,27H,1-3H3,(H,30,31)/b28-21+. The molecule has 0 radical (unpaired) electrons. The van der Waals surface area contributed by atoms with Crippen molar-refractivity contribution < 1.29 is 14.2 Å². The minimum atomic E-state index is -0.498. The fraction of sp³-hybridized carbons (Fsp3) is 0.120. The van der Waals surface area contributed by atoms with E-state index in [1.807, 2.05) is 60.7 Å². The molecule has 0 fully saturated rings. The number of nitrogens with zero attached hydrogens (tertiary/aromatic N) is 3. The van der Waals surface area contributed by atoms with Crippen LogP contribution in [0.2, 0.25) is 0 Å². The van der Waals surface area contributed by atoms with Crippen molar-refractivity contribution in [2.45, 2.75) is 0 Å². The van der Waals surface area contributed by atoms with Gasteiger partial charge in [-0.2, -0.15) is 10.2 Å². The van der Waals surface area contributed by atoms with Crippen LogP contribution in [0.1, 0.15) is 11.3 Å². The Labute approximate surface area is 196 Å². The van der Waals surface area contributed by atoms with E-state index in [1.165, 1.54) is 21.3 Å². The van der Waals surface area contributed by atoms with Gasteiger partial charge in [-0.15, -0.1) is 0 Å². The van der Waals surface area contributed by atoms with E-state index in [9.17, 15) is 4.79 Å². The summed E-state index contributed by atoms with van der Waals surface area (Å²) in [5.74, 6) is 1.61. The molecular formula is C25H23N5O4. The van der Waals surface area contributed by atoms with Gasteiger partial charge in [-0.1, -0.05) is 48.5 Å². The van der Waals surface area contributed by atoms with Crippen LogP contribution in [0.5, 0.6) is 17.2 Å². The second kappa shape index (κ2) is 10.3. The van der Waals surface area contributed by atoms with Crippen molar-refractivity contribution in [3.8, 4) is 28.6 Å². The summed E-state index contributed by atoms with van der Waals surface area (Å²) in [6.45, 7) is 0. The highest BCUT2D eigenvalue weighted by Gasteiger charge is 2.21. The van der Waals surface area contributed by atoms with Crippen LogP contribution < -0.4 is 25.2 Å². The Morgan fingerprint density at radius 2 is 1.50 bits per heavy atom. The third kappa shape index (κ3) is 4.73. The SMILES string of the molecule is COc1cc(/C(=N\Nc2ccccc2)c2nc(-c3ccccc3)n[nH]c2=O)cc(OC)c1OC. The lowest BCUT2D eigenvalue weighted by molar-refractivity contribution is 0.324. The summed E-state index contributed by atoms with van der Waals surface area (Å²) in [4.78, 5) is 17.4. The first-order valence-electron chi connectivity index (χ1n) is 10.4. The van der Waals surface area contributed by atoms with Gasteiger partial charge in [-0.25, -0.2) is 10.1 Å². The number of H-pyrrole nitrogens is 1. The van der Waals surface area contributed by atoms with Crippen molar-refractivity contribution in [3.05, 3.63) is 94.4 Å². The number of nitrogens with one attached hydrogen (secondary N) is 2. The summed E-state index contributed by atoms with van der Waals surface area (Å²) < 4.78 is 16.4. The molecule has 4 rings (SSSR count). The molecule has 34 heavy (non-hydrogen) atoms. The molecule has 0 saturated heterocycles. The maximum atomic E-state index is 12.9. The van der Waals surface area contributed by atoms with Crippen molar-refractivity contribution in [3.63, 3.8) is 0 Å². The largest absolute Gasteiger partial charge is 0.493 e. The summed E-state index contributed by atoms with van der Waals surface area (Å²) >= 11 is 0. The molecule has 1 heterocycles. The smallest absolute Gasteiger partial charge is 0.292 e. The first kappa shape index (κ1) is 22.5. The van der Waals surface area contributed by atoms with Gasteiger partial charge < -0.3 is 14.2 Å². The topological polar surface area (TPSA) is 111 Å². The Bertz CT molecular complexity index is 1330. The number of anilines is 1. The van der Waals surface area contributed by atoms with E-state index < -0.39 is 5.56 Å². The number of benzene rings is 3. The number of methoxy groups -OCH3 is 3. The molecule has 0 aliphatic heterocycles. The first-order chi connectivity index (χ1) is 16.6. The number of aromatic amines is 1. The fourth-order valence-electron chi connectivity index (χ4n) is 3.32. The molecule has 0 aliphatic carbocycles. The molecule has 1 aromatic heterocycles. The van der Waals surface area contributed by atoms with Gasteiger partial charge in [0.05, 0.1) is 27.0 Å². The highest BCUT2D eigenvalue weighted by Crippen LogP contribution is 2.38. The minimum Gasteiger partial charge on any atom is -0.493 e.